The highest BCUT2D eigenvalue weighted by Gasteiger charge is 2.22. The fraction of sp³-hybridized carbons (Fsp3) is 0.333. The second-order valence-electron chi connectivity index (χ2n) is 7.92. The van der Waals surface area contributed by atoms with Crippen molar-refractivity contribution in [2.24, 2.45) is 11.0 Å². The van der Waals surface area contributed by atoms with Gasteiger partial charge < -0.3 is 15.2 Å². The molecule has 0 fully saturated rings. The van der Waals surface area contributed by atoms with Crippen LogP contribution in [0.1, 0.15) is 47.3 Å². The third-order valence-corrected chi connectivity index (χ3v) is 4.66. The van der Waals surface area contributed by atoms with Crippen LogP contribution in [0, 0.1) is 19.8 Å². The summed E-state index contributed by atoms with van der Waals surface area (Å²) in [6.45, 7) is 7.51. The smallest absolute Gasteiger partial charge is 0.335 e. The molecule has 0 saturated carbocycles. The average Bonchev–Trinajstić information content (AvgIpc) is 2.73. The predicted molar refractivity (Wildman–Crippen MR) is 122 cm³/mol. The minimum Gasteiger partial charge on any atom is -0.483 e. The first-order valence-corrected chi connectivity index (χ1v) is 10.3. The molecule has 170 valence electrons. The van der Waals surface area contributed by atoms with E-state index in [4.69, 9.17) is 9.84 Å². The standard InChI is InChI=1S/C24H29N3O5/c1-15(2)12-20(26-21(28)14-32-22-16(3)6-5-7-17(22)4)23(29)27-25-13-18-8-10-19(11-9-18)24(30)31/h5-11,13,15,20H,12,14H2,1-4H3,(H,26,28)(H,27,29)(H,30,31)/b25-13-/t20-/m1/s1. The van der Waals surface area contributed by atoms with Crippen molar-refractivity contribution in [1.29, 1.82) is 0 Å². The first-order valence-electron chi connectivity index (χ1n) is 10.3. The van der Waals surface area contributed by atoms with E-state index in [2.05, 4.69) is 15.8 Å². The molecule has 0 saturated heterocycles. The number of amides is 2. The van der Waals surface area contributed by atoms with Gasteiger partial charge >= 0.3 is 5.97 Å². The molecule has 0 spiro atoms. The van der Waals surface area contributed by atoms with Crippen molar-refractivity contribution < 1.29 is 24.2 Å². The highest BCUT2D eigenvalue weighted by molar-refractivity contribution is 5.90. The Hall–Kier alpha value is -3.68. The fourth-order valence-electron chi connectivity index (χ4n) is 3.06. The van der Waals surface area contributed by atoms with Crippen LogP contribution in [0.15, 0.2) is 47.6 Å². The van der Waals surface area contributed by atoms with Crippen molar-refractivity contribution in [2.75, 3.05) is 6.61 Å². The molecule has 1 atom stereocenters. The van der Waals surface area contributed by atoms with Gasteiger partial charge in [-0.05, 0) is 55.0 Å². The topological polar surface area (TPSA) is 117 Å². The summed E-state index contributed by atoms with van der Waals surface area (Å²) in [5.41, 5.74) is 5.08. The van der Waals surface area contributed by atoms with Crippen LogP contribution in [0.4, 0.5) is 0 Å². The van der Waals surface area contributed by atoms with Gasteiger partial charge in [-0.3, -0.25) is 9.59 Å². The average molecular weight is 440 g/mol. The molecule has 2 rings (SSSR count). The normalized spacial score (nSPS) is 11.9. The van der Waals surface area contributed by atoms with E-state index in [9.17, 15) is 14.4 Å². The van der Waals surface area contributed by atoms with E-state index in [1.165, 1.54) is 18.3 Å². The summed E-state index contributed by atoms with van der Waals surface area (Å²) in [5.74, 6) is -1.04. The number of carboxylic acids is 1. The number of aromatic carboxylic acids is 1. The van der Waals surface area contributed by atoms with Crippen molar-refractivity contribution in [3.63, 3.8) is 0 Å². The van der Waals surface area contributed by atoms with Crippen molar-refractivity contribution in [3.05, 3.63) is 64.7 Å². The van der Waals surface area contributed by atoms with Gasteiger partial charge in [-0.2, -0.15) is 5.10 Å². The number of hydrogen-bond acceptors (Lipinski definition) is 5. The van der Waals surface area contributed by atoms with E-state index in [-0.39, 0.29) is 18.1 Å². The van der Waals surface area contributed by atoms with Gasteiger partial charge in [-0.25, -0.2) is 10.2 Å². The van der Waals surface area contributed by atoms with Gasteiger partial charge in [0.05, 0.1) is 11.8 Å². The number of nitrogens with one attached hydrogen (secondary N) is 2. The lowest BCUT2D eigenvalue weighted by Crippen LogP contribution is -2.47. The highest BCUT2D eigenvalue weighted by atomic mass is 16.5. The van der Waals surface area contributed by atoms with Crippen LogP contribution in [0.5, 0.6) is 5.75 Å². The summed E-state index contributed by atoms with van der Waals surface area (Å²) < 4.78 is 5.67. The van der Waals surface area contributed by atoms with Crippen LogP contribution in [-0.2, 0) is 9.59 Å². The molecule has 0 aliphatic heterocycles. The number of ether oxygens (including phenoxy) is 1. The zero-order chi connectivity index (χ0) is 23.7. The molecule has 8 heteroatoms. The second kappa shape index (κ2) is 11.6. The maximum atomic E-state index is 12.6. The van der Waals surface area contributed by atoms with Crippen LogP contribution in [0.3, 0.4) is 0 Å². The molecule has 0 heterocycles. The van der Waals surface area contributed by atoms with Crippen LogP contribution >= 0.6 is 0 Å². The molecule has 2 aromatic rings. The molecule has 8 nitrogen and oxygen atoms in total. The Labute approximate surface area is 187 Å². The Kier molecular flexibility index (Phi) is 8.95. The number of carboxylic acid groups (broad SMARTS) is 1. The van der Waals surface area contributed by atoms with E-state index in [0.717, 1.165) is 11.1 Å². The van der Waals surface area contributed by atoms with Crippen molar-refractivity contribution in [2.45, 2.75) is 40.2 Å². The van der Waals surface area contributed by atoms with Crippen molar-refractivity contribution in [1.82, 2.24) is 10.7 Å². The molecule has 2 aromatic carbocycles. The number of para-hydroxylation sites is 1. The number of nitrogens with zero attached hydrogens (tertiary/aromatic N) is 1. The lowest BCUT2D eigenvalue weighted by molar-refractivity contribution is -0.130. The number of hydrazone groups is 1. The van der Waals surface area contributed by atoms with E-state index >= 15 is 0 Å². The lowest BCUT2D eigenvalue weighted by atomic mass is 10.0. The zero-order valence-electron chi connectivity index (χ0n) is 18.7. The summed E-state index contributed by atoms with van der Waals surface area (Å²) in [6, 6.07) is 11.0. The van der Waals surface area contributed by atoms with E-state index in [1.54, 1.807) is 12.1 Å². The van der Waals surface area contributed by atoms with E-state index < -0.39 is 23.8 Å². The Morgan fingerprint density at radius 1 is 1.06 bits per heavy atom. The molecular formula is C24H29N3O5. The minimum atomic E-state index is -1.02. The van der Waals surface area contributed by atoms with Gasteiger partial charge in [-0.15, -0.1) is 0 Å². The van der Waals surface area contributed by atoms with Gasteiger partial charge in [0.1, 0.15) is 11.8 Å². The number of aryl methyl sites for hydroxylation is 2. The number of carbonyl (C=O) groups excluding carboxylic acids is 2. The summed E-state index contributed by atoms with van der Waals surface area (Å²) >= 11 is 0. The Balaban J connectivity index is 1.95. The predicted octanol–water partition coefficient (Wildman–Crippen LogP) is 3.06. The maximum Gasteiger partial charge on any atom is 0.335 e. The van der Waals surface area contributed by atoms with Gasteiger partial charge in [0.2, 0.25) is 0 Å². The number of rotatable bonds is 10. The largest absolute Gasteiger partial charge is 0.483 e. The van der Waals surface area contributed by atoms with Gasteiger partial charge in [0.15, 0.2) is 6.61 Å². The van der Waals surface area contributed by atoms with Crippen LogP contribution in [-0.4, -0.2) is 41.8 Å². The molecule has 0 aliphatic carbocycles. The molecular weight excluding hydrogens is 410 g/mol. The van der Waals surface area contributed by atoms with Crippen LogP contribution < -0.4 is 15.5 Å². The number of carbonyl (C=O) groups is 3. The summed E-state index contributed by atoms with van der Waals surface area (Å²) in [5, 5.41) is 15.5. The molecule has 0 radical (unpaired) electrons. The number of hydrogen-bond donors (Lipinski definition) is 3. The van der Waals surface area contributed by atoms with Gasteiger partial charge in [0.25, 0.3) is 11.8 Å². The molecule has 32 heavy (non-hydrogen) atoms. The molecule has 2 amide bonds. The van der Waals surface area contributed by atoms with Crippen molar-refractivity contribution in [3.8, 4) is 5.75 Å². The third kappa shape index (κ3) is 7.54. The lowest BCUT2D eigenvalue weighted by Gasteiger charge is -2.19. The molecule has 0 bridgehead atoms. The summed E-state index contributed by atoms with van der Waals surface area (Å²) in [4.78, 5) is 35.9. The first-order chi connectivity index (χ1) is 15.2. The quantitative estimate of drug-likeness (QED) is 0.389. The zero-order valence-corrected chi connectivity index (χ0v) is 18.7. The summed E-state index contributed by atoms with van der Waals surface area (Å²) in [6.07, 6.45) is 1.84. The fourth-order valence-corrected chi connectivity index (χ4v) is 3.06. The summed E-state index contributed by atoms with van der Waals surface area (Å²) in [7, 11) is 0. The Bertz CT molecular complexity index is 963. The monoisotopic (exact) mass is 439 g/mol. The van der Waals surface area contributed by atoms with E-state index in [0.29, 0.717) is 17.7 Å². The Morgan fingerprint density at radius 2 is 1.69 bits per heavy atom. The molecule has 3 N–H and O–H groups in total. The number of benzene rings is 2. The van der Waals surface area contributed by atoms with E-state index in [1.807, 2.05) is 45.9 Å². The van der Waals surface area contributed by atoms with Crippen LogP contribution in [0.2, 0.25) is 0 Å². The van der Waals surface area contributed by atoms with Gasteiger partial charge in [-0.1, -0.05) is 44.2 Å². The molecule has 0 unspecified atom stereocenters. The first kappa shape index (κ1) is 24.6. The maximum absolute atomic E-state index is 12.6. The SMILES string of the molecule is Cc1cccc(C)c1OCC(=O)N[C@H](CC(C)C)C(=O)N/N=C\c1ccc(C(=O)O)cc1. The highest BCUT2D eigenvalue weighted by Crippen LogP contribution is 2.22. The van der Waals surface area contributed by atoms with Gasteiger partial charge in [0, 0.05) is 0 Å². The van der Waals surface area contributed by atoms with Crippen molar-refractivity contribution >= 4 is 24.0 Å². The second-order valence-corrected chi connectivity index (χ2v) is 7.92. The minimum absolute atomic E-state index is 0.161. The molecule has 0 aliphatic rings. The van der Waals surface area contributed by atoms with Crippen LogP contribution in [0.25, 0.3) is 0 Å². The molecule has 0 aromatic heterocycles. The Morgan fingerprint density at radius 3 is 2.25 bits per heavy atom. The third-order valence-electron chi connectivity index (χ3n) is 4.66.